The summed E-state index contributed by atoms with van der Waals surface area (Å²) < 4.78 is 6.71. The Hall–Kier alpha value is -1.10. The van der Waals surface area contributed by atoms with Gasteiger partial charge >= 0.3 is 0 Å². The fourth-order valence-corrected chi connectivity index (χ4v) is 2.58. The lowest BCUT2D eigenvalue weighted by Gasteiger charge is -2.23. The summed E-state index contributed by atoms with van der Waals surface area (Å²) in [6.45, 7) is 7.67. The van der Waals surface area contributed by atoms with E-state index < -0.39 is 0 Å². The van der Waals surface area contributed by atoms with Crippen LogP contribution in [0.1, 0.15) is 33.6 Å². The Morgan fingerprint density at radius 3 is 2.95 bits per heavy atom. The van der Waals surface area contributed by atoms with Gasteiger partial charge in [-0.2, -0.15) is 0 Å². The number of carbonyl (C=O) groups is 1. The van der Waals surface area contributed by atoms with E-state index in [1.54, 1.807) is 6.20 Å². The van der Waals surface area contributed by atoms with Crippen LogP contribution in [-0.2, 0) is 4.79 Å². The molecule has 0 aliphatic carbocycles. The predicted octanol–water partition coefficient (Wildman–Crippen LogP) is 3.26. The van der Waals surface area contributed by atoms with Crippen LogP contribution in [0, 0.1) is 5.41 Å². The molecule has 110 valence electrons. The lowest BCUT2D eigenvalue weighted by Crippen LogP contribution is -2.33. The monoisotopic (exact) mass is 340 g/mol. The van der Waals surface area contributed by atoms with Crippen molar-refractivity contribution in [3.63, 3.8) is 0 Å². The number of aromatic nitrogens is 1. The Morgan fingerprint density at radius 2 is 2.30 bits per heavy atom. The lowest BCUT2D eigenvalue weighted by molar-refractivity contribution is -0.132. The van der Waals surface area contributed by atoms with Crippen LogP contribution in [0.15, 0.2) is 22.8 Å². The first-order valence-electron chi connectivity index (χ1n) is 6.90. The zero-order valence-electron chi connectivity index (χ0n) is 12.2. The number of carbonyl (C=O) groups excluding carboxylic acids is 1. The van der Waals surface area contributed by atoms with Gasteiger partial charge in [0.2, 0.25) is 11.8 Å². The van der Waals surface area contributed by atoms with Crippen molar-refractivity contribution >= 4 is 21.8 Å². The van der Waals surface area contributed by atoms with E-state index in [2.05, 4.69) is 41.7 Å². The number of hydrogen-bond acceptors (Lipinski definition) is 3. The van der Waals surface area contributed by atoms with E-state index in [0.29, 0.717) is 18.8 Å². The van der Waals surface area contributed by atoms with Crippen LogP contribution in [0.5, 0.6) is 5.88 Å². The number of ether oxygens (including phenoxy) is 1. The summed E-state index contributed by atoms with van der Waals surface area (Å²) in [4.78, 5) is 18.3. The zero-order chi connectivity index (χ0) is 14.8. The minimum Gasteiger partial charge on any atom is -0.472 e. The molecule has 0 N–H and O–H groups in total. The second kappa shape index (κ2) is 6.12. The molecule has 1 amide bonds. The molecular formula is C15H21BrN2O2. The highest BCUT2D eigenvalue weighted by Gasteiger charge is 2.30. The number of halogens is 1. The molecule has 1 aliphatic heterocycles. The number of rotatable bonds is 3. The van der Waals surface area contributed by atoms with Crippen molar-refractivity contribution in [2.75, 3.05) is 13.1 Å². The van der Waals surface area contributed by atoms with Crippen molar-refractivity contribution in [2.24, 2.45) is 5.41 Å². The minimum atomic E-state index is 0.0278. The average molecular weight is 341 g/mol. The van der Waals surface area contributed by atoms with Crippen LogP contribution in [0.4, 0.5) is 0 Å². The molecule has 1 aliphatic rings. The smallest absolute Gasteiger partial charge is 0.228 e. The van der Waals surface area contributed by atoms with Crippen molar-refractivity contribution in [3.05, 3.63) is 22.8 Å². The summed E-state index contributed by atoms with van der Waals surface area (Å²) in [5.41, 5.74) is 0.0278. The van der Waals surface area contributed by atoms with E-state index in [9.17, 15) is 4.79 Å². The van der Waals surface area contributed by atoms with Crippen molar-refractivity contribution in [1.29, 1.82) is 0 Å². The molecule has 0 saturated carbocycles. The maximum atomic E-state index is 12.2. The Labute approximate surface area is 128 Å². The van der Waals surface area contributed by atoms with E-state index in [1.165, 1.54) is 0 Å². The van der Waals surface area contributed by atoms with Crippen LogP contribution in [-0.4, -0.2) is 35.0 Å². The molecule has 4 nitrogen and oxygen atoms in total. The molecule has 0 aromatic carbocycles. The summed E-state index contributed by atoms with van der Waals surface area (Å²) in [6, 6.07) is 3.75. The van der Waals surface area contributed by atoms with Crippen molar-refractivity contribution in [2.45, 2.75) is 39.7 Å². The van der Waals surface area contributed by atoms with Crippen LogP contribution in [0.25, 0.3) is 0 Å². The fraction of sp³-hybridized carbons (Fsp3) is 0.600. The standard InChI is InChI=1S/C15H21BrN2O2/c1-15(2,3)9-13(19)18-8-6-11(10-18)20-14-12(16)5-4-7-17-14/h4-5,7,11H,6,8-10H2,1-3H3. The highest BCUT2D eigenvalue weighted by molar-refractivity contribution is 9.10. The van der Waals surface area contributed by atoms with Gasteiger partial charge in [0.1, 0.15) is 6.10 Å². The molecule has 20 heavy (non-hydrogen) atoms. The SMILES string of the molecule is CC(C)(C)CC(=O)N1CCC(Oc2ncccc2Br)C1. The molecule has 2 rings (SSSR count). The van der Waals surface area contributed by atoms with E-state index >= 15 is 0 Å². The molecule has 1 atom stereocenters. The molecule has 1 saturated heterocycles. The van der Waals surface area contributed by atoms with E-state index in [0.717, 1.165) is 17.4 Å². The minimum absolute atomic E-state index is 0.0278. The topological polar surface area (TPSA) is 42.4 Å². The maximum absolute atomic E-state index is 12.2. The molecule has 0 bridgehead atoms. The molecule has 1 aromatic rings. The first kappa shape index (κ1) is 15.3. The normalized spacial score (nSPS) is 19.2. The number of hydrogen-bond donors (Lipinski definition) is 0. The number of likely N-dealkylation sites (tertiary alicyclic amines) is 1. The van der Waals surface area contributed by atoms with Gasteiger partial charge in [-0.05, 0) is 33.5 Å². The predicted molar refractivity (Wildman–Crippen MR) is 81.6 cm³/mol. The van der Waals surface area contributed by atoms with Crippen LogP contribution >= 0.6 is 15.9 Å². The van der Waals surface area contributed by atoms with Crippen molar-refractivity contribution in [1.82, 2.24) is 9.88 Å². The quantitative estimate of drug-likeness (QED) is 0.848. The average Bonchev–Trinajstić information content (AvgIpc) is 2.79. The molecule has 5 heteroatoms. The van der Waals surface area contributed by atoms with Gasteiger partial charge in [-0.25, -0.2) is 4.98 Å². The van der Waals surface area contributed by atoms with Gasteiger partial charge in [0.15, 0.2) is 0 Å². The van der Waals surface area contributed by atoms with Crippen molar-refractivity contribution < 1.29 is 9.53 Å². The van der Waals surface area contributed by atoms with E-state index in [-0.39, 0.29) is 17.4 Å². The van der Waals surface area contributed by atoms with Gasteiger partial charge in [-0.1, -0.05) is 20.8 Å². The summed E-state index contributed by atoms with van der Waals surface area (Å²) >= 11 is 3.42. The Bertz CT molecular complexity index is 485. The first-order valence-corrected chi connectivity index (χ1v) is 7.69. The number of nitrogens with zero attached hydrogens (tertiary/aromatic N) is 2. The summed E-state index contributed by atoms with van der Waals surface area (Å²) in [6.07, 6.45) is 3.17. The van der Waals surface area contributed by atoms with Gasteiger partial charge in [0.25, 0.3) is 0 Å². The van der Waals surface area contributed by atoms with Gasteiger partial charge in [0, 0.05) is 25.6 Å². The summed E-state index contributed by atoms with van der Waals surface area (Å²) in [5.74, 6) is 0.811. The van der Waals surface area contributed by atoms with Gasteiger partial charge in [-0.3, -0.25) is 4.79 Å². The molecule has 1 fully saturated rings. The summed E-state index contributed by atoms with van der Waals surface area (Å²) in [5, 5.41) is 0. The second-order valence-corrected chi connectivity index (χ2v) is 7.25. The Morgan fingerprint density at radius 1 is 1.55 bits per heavy atom. The molecular weight excluding hydrogens is 320 g/mol. The maximum Gasteiger partial charge on any atom is 0.228 e. The molecule has 0 spiro atoms. The molecule has 2 heterocycles. The zero-order valence-corrected chi connectivity index (χ0v) is 13.8. The third-order valence-corrected chi connectivity index (χ3v) is 3.79. The van der Waals surface area contributed by atoms with Crippen LogP contribution in [0.2, 0.25) is 0 Å². The summed E-state index contributed by atoms with van der Waals surface area (Å²) in [7, 11) is 0. The van der Waals surface area contributed by atoms with E-state index in [4.69, 9.17) is 4.74 Å². The van der Waals surface area contributed by atoms with Crippen LogP contribution in [0.3, 0.4) is 0 Å². The lowest BCUT2D eigenvalue weighted by atomic mass is 9.92. The van der Waals surface area contributed by atoms with Gasteiger partial charge < -0.3 is 9.64 Å². The number of pyridine rings is 1. The third-order valence-electron chi connectivity index (χ3n) is 3.18. The molecule has 1 aromatic heterocycles. The van der Waals surface area contributed by atoms with E-state index in [1.807, 2.05) is 17.0 Å². The molecule has 1 unspecified atom stereocenters. The highest BCUT2D eigenvalue weighted by Crippen LogP contribution is 2.26. The molecule has 0 radical (unpaired) electrons. The Kier molecular flexibility index (Phi) is 4.68. The number of amides is 1. The highest BCUT2D eigenvalue weighted by atomic mass is 79.9. The van der Waals surface area contributed by atoms with Crippen molar-refractivity contribution in [3.8, 4) is 5.88 Å². The van der Waals surface area contributed by atoms with Gasteiger partial charge in [0.05, 0.1) is 11.0 Å². The van der Waals surface area contributed by atoms with Gasteiger partial charge in [-0.15, -0.1) is 0 Å². The second-order valence-electron chi connectivity index (χ2n) is 6.40. The van der Waals surface area contributed by atoms with Crippen LogP contribution < -0.4 is 4.74 Å². The fourth-order valence-electron chi connectivity index (χ4n) is 2.23. The Balaban J connectivity index is 1.90. The first-order chi connectivity index (χ1) is 9.35. The largest absolute Gasteiger partial charge is 0.472 e. The third kappa shape index (κ3) is 4.20.